The molecule has 0 atom stereocenters. The van der Waals surface area contributed by atoms with Gasteiger partial charge in [-0.3, -0.25) is 4.79 Å². The Morgan fingerprint density at radius 3 is 2.44 bits per heavy atom. The molecule has 0 saturated heterocycles. The summed E-state index contributed by atoms with van der Waals surface area (Å²) in [7, 11) is -5.91. The Kier molecular flexibility index (Phi) is 6.31. The second-order valence-electron chi connectivity index (χ2n) is 6.86. The number of carbonyl (C=O) groups is 2. The standard InChI is InChI=1S/C21H17F3O7S/c1-2-3-7-17-18(15-11-13(20(26)27)8-9-16(15)30-17)19(25)12-5-4-6-14(10-12)31-32(28,29)21(22,23)24/h4-6,8-11H,2-3,7H2,1H3,(H,26,27). The molecule has 0 saturated carbocycles. The fraction of sp³-hybridized carbons (Fsp3) is 0.238. The van der Waals surface area contributed by atoms with Crippen molar-refractivity contribution in [2.24, 2.45) is 0 Å². The van der Waals surface area contributed by atoms with Gasteiger partial charge in [0.2, 0.25) is 0 Å². The molecule has 3 aromatic rings. The number of benzene rings is 2. The second kappa shape index (κ2) is 8.65. The number of carbonyl (C=O) groups excluding carboxylic acids is 1. The highest BCUT2D eigenvalue weighted by molar-refractivity contribution is 7.88. The molecule has 0 bridgehead atoms. The molecule has 1 N–H and O–H groups in total. The fourth-order valence-corrected chi connectivity index (χ4v) is 3.50. The van der Waals surface area contributed by atoms with E-state index in [0.717, 1.165) is 18.6 Å². The topological polar surface area (TPSA) is 111 Å². The third-order valence-corrected chi connectivity index (χ3v) is 5.56. The first-order valence-corrected chi connectivity index (χ1v) is 10.8. The van der Waals surface area contributed by atoms with Gasteiger partial charge in [-0.25, -0.2) is 4.79 Å². The van der Waals surface area contributed by atoms with Crippen LogP contribution in [0.3, 0.4) is 0 Å². The average molecular weight is 470 g/mol. The lowest BCUT2D eigenvalue weighted by atomic mass is 9.97. The quantitative estimate of drug-likeness (QED) is 0.282. The van der Waals surface area contributed by atoms with Gasteiger partial charge in [-0.1, -0.05) is 25.5 Å². The van der Waals surface area contributed by atoms with Crippen LogP contribution in [-0.2, 0) is 16.5 Å². The van der Waals surface area contributed by atoms with Crippen LogP contribution >= 0.6 is 0 Å². The summed E-state index contributed by atoms with van der Waals surface area (Å²) in [6.07, 6.45) is 1.82. The molecule has 170 valence electrons. The van der Waals surface area contributed by atoms with Crippen molar-refractivity contribution in [2.45, 2.75) is 31.7 Å². The van der Waals surface area contributed by atoms with Crippen molar-refractivity contribution in [3.8, 4) is 5.75 Å². The van der Waals surface area contributed by atoms with Crippen LogP contribution in [0.5, 0.6) is 5.75 Å². The summed E-state index contributed by atoms with van der Waals surface area (Å²) in [5, 5.41) is 9.50. The SMILES string of the molecule is CCCCc1oc2ccc(C(=O)O)cc2c1C(=O)c1cccc(OS(=O)(=O)C(F)(F)F)c1. The Hall–Kier alpha value is -3.34. The second-order valence-corrected chi connectivity index (χ2v) is 8.40. The first-order valence-electron chi connectivity index (χ1n) is 9.39. The molecule has 0 aliphatic heterocycles. The van der Waals surface area contributed by atoms with Crippen molar-refractivity contribution in [1.29, 1.82) is 0 Å². The summed E-state index contributed by atoms with van der Waals surface area (Å²) >= 11 is 0. The summed E-state index contributed by atoms with van der Waals surface area (Å²) in [5.74, 6) is -2.28. The molecule has 0 fully saturated rings. The van der Waals surface area contributed by atoms with Gasteiger partial charge in [0, 0.05) is 17.4 Å². The van der Waals surface area contributed by atoms with Gasteiger partial charge in [-0.2, -0.15) is 21.6 Å². The largest absolute Gasteiger partial charge is 0.534 e. The molecule has 1 aromatic heterocycles. The van der Waals surface area contributed by atoms with Crippen molar-refractivity contribution in [3.63, 3.8) is 0 Å². The predicted octanol–water partition coefficient (Wildman–Crippen LogP) is 4.93. The molecule has 2 aromatic carbocycles. The normalized spacial score (nSPS) is 12.1. The summed E-state index contributed by atoms with van der Waals surface area (Å²) in [6, 6.07) is 8.30. The maximum atomic E-state index is 13.3. The smallest absolute Gasteiger partial charge is 0.478 e. The van der Waals surface area contributed by atoms with Gasteiger partial charge in [-0.15, -0.1) is 0 Å². The molecule has 1 heterocycles. The molecule has 7 nitrogen and oxygen atoms in total. The van der Waals surface area contributed by atoms with Crippen LogP contribution in [0, 0.1) is 0 Å². The van der Waals surface area contributed by atoms with Crippen molar-refractivity contribution in [3.05, 3.63) is 64.9 Å². The Morgan fingerprint density at radius 2 is 1.81 bits per heavy atom. The number of carboxylic acid groups (broad SMARTS) is 1. The number of halogens is 3. The zero-order valence-corrected chi connectivity index (χ0v) is 17.4. The Bertz CT molecular complexity index is 1290. The van der Waals surface area contributed by atoms with E-state index in [1.807, 2.05) is 6.92 Å². The molecular formula is C21H17F3O7S. The van der Waals surface area contributed by atoms with Crippen LogP contribution < -0.4 is 4.18 Å². The molecule has 0 radical (unpaired) electrons. The monoisotopic (exact) mass is 470 g/mol. The molecular weight excluding hydrogens is 453 g/mol. The number of hydrogen-bond donors (Lipinski definition) is 1. The fourth-order valence-electron chi connectivity index (χ4n) is 3.05. The number of hydrogen-bond acceptors (Lipinski definition) is 6. The zero-order chi connectivity index (χ0) is 23.7. The van der Waals surface area contributed by atoms with E-state index in [1.54, 1.807) is 0 Å². The maximum absolute atomic E-state index is 13.3. The molecule has 0 spiro atoms. The van der Waals surface area contributed by atoms with Crippen LogP contribution in [0.25, 0.3) is 11.0 Å². The molecule has 3 rings (SSSR count). The third-order valence-electron chi connectivity index (χ3n) is 4.58. The highest BCUT2D eigenvalue weighted by Gasteiger charge is 2.48. The molecule has 0 unspecified atom stereocenters. The number of aryl methyl sites for hydroxylation is 1. The number of carboxylic acids is 1. The summed E-state index contributed by atoms with van der Waals surface area (Å²) in [6.45, 7) is 1.93. The van der Waals surface area contributed by atoms with Crippen LogP contribution in [0.2, 0.25) is 0 Å². The number of unbranched alkanes of at least 4 members (excludes halogenated alkanes) is 1. The Morgan fingerprint density at radius 1 is 1.09 bits per heavy atom. The summed E-state index contributed by atoms with van der Waals surface area (Å²) < 4.78 is 70.2. The first kappa shape index (κ1) is 23.3. The van der Waals surface area contributed by atoms with E-state index < -0.39 is 33.1 Å². The number of alkyl halides is 3. The van der Waals surface area contributed by atoms with Crippen LogP contribution in [0.4, 0.5) is 13.2 Å². The first-order chi connectivity index (χ1) is 14.9. The van der Waals surface area contributed by atoms with Crippen molar-refractivity contribution < 1.29 is 44.9 Å². The van der Waals surface area contributed by atoms with Crippen LogP contribution in [-0.4, -0.2) is 30.8 Å². The van der Waals surface area contributed by atoms with E-state index in [4.69, 9.17) is 4.42 Å². The van der Waals surface area contributed by atoms with Crippen molar-refractivity contribution in [1.82, 2.24) is 0 Å². The minimum atomic E-state index is -5.91. The zero-order valence-electron chi connectivity index (χ0n) is 16.6. The van der Waals surface area contributed by atoms with Crippen molar-refractivity contribution in [2.75, 3.05) is 0 Å². The number of rotatable bonds is 8. The van der Waals surface area contributed by atoms with Crippen LogP contribution in [0.15, 0.2) is 46.9 Å². The average Bonchev–Trinajstić information content (AvgIpc) is 3.08. The van der Waals surface area contributed by atoms with E-state index in [1.165, 1.54) is 30.3 Å². The summed E-state index contributed by atoms with van der Waals surface area (Å²) in [4.78, 5) is 24.6. The number of furan rings is 1. The predicted molar refractivity (Wildman–Crippen MR) is 107 cm³/mol. The molecule has 32 heavy (non-hydrogen) atoms. The molecule has 11 heteroatoms. The van der Waals surface area contributed by atoms with E-state index >= 15 is 0 Å². The lowest BCUT2D eigenvalue weighted by molar-refractivity contribution is -0.0500. The highest BCUT2D eigenvalue weighted by Crippen LogP contribution is 2.32. The Labute approximate surface area is 180 Å². The van der Waals surface area contributed by atoms with Gasteiger partial charge in [0.25, 0.3) is 0 Å². The van der Waals surface area contributed by atoms with E-state index in [2.05, 4.69) is 4.18 Å². The maximum Gasteiger partial charge on any atom is 0.534 e. The minimum absolute atomic E-state index is 0.0624. The number of ketones is 1. The lowest BCUT2D eigenvalue weighted by Gasteiger charge is -2.10. The lowest BCUT2D eigenvalue weighted by Crippen LogP contribution is -2.28. The van der Waals surface area contributed by atoms with Crippen LogP contribution in [0.1, 0.15) is 51.8 Å². The molecule has 0 amide bonds. The van der Waals surface area contributed by atoms with Crippen molar-refractivity contribution >= 4 is 32.8 Å². The van der Waals surface area contributed by atoms with Gasteiger partial charge >= 0.3 is 21.6 Å². The van der Waals surface area contributed by atoms with Gasteiger partial charge < -0.3 is 13.7 Å². The molecule has 0 aliphatic carbocycles. The molecule has 0 aliphatic rings. The Balaban J connectivity index is 2.09. The summed E-state index contributed by atoms with van der Waals surface area (Å²) in [5.41, 5.74) is -5.53. The van der Waals surface area contributed by atoms with Gasteiger partial charge in [0.05, 0.1) is 11.1 Å². The highest BCUT2D eigenvalue weighted by atomic mass is 32.2. The number of aromatic carboxylic acids is 1. The number of fused-ring (bicyclic) bond motifs is 1. The van der Waals surface area contributed by atoms with Gasteiger partial charge in [0.1, 0.15) is 17.1 Å². The van der Waals surface area contributed by atoms with E-state index in [-0.39, 0.29) is 27.7 Å². The van der Waals surface area contributed by atoms with Gasteiger partial charge in [-0.05, 0) is 36.8 Å². The third kappa shape index (κ3) is 4.62. The van der Waals surface area contributed by atoms with E-state index in [0.29, 0.717) is 18.6 Å². The minimum Gasteiger partial charge on any atom is -0.478 e. The van der Waals surface area contributed by atoms with Gasteiger partial charge in [0.15, 0.2) is 5.78 Å². The van der Waals surface area contributed by atoms with E-state index in [9.17, 15) is 36.3 Å².